The zero-order chi connectivity index (χ0) is 13.0. The summed E-state index contributed by atoms with van der Waals surface area (Å²) in [5.41, 5.74) is 3.26. The molecule has 1 heterocycles. The minimum absolute atomic E-state index is 0.186. The number of halogens is 2. The van der Waals surface area contributed by atoms with Crippen molar-refractivity contribution in [2.75, 3.05) is 6.54 Å². The van der Waals surface area contributed by atoms with Crippen LogP contribution in [0.3, 0.4) is 0 Å². The van der Waals surface area contributed by atoms with Crippen molar-refractivity contribution in [3.8, 4) is 0 Å². The molecule has 0 amide bonds. The van der Waals surface area contributed by atoms with Gasteiger partial charge in [-0.3, -0.25) is 0 Å². The fourth-order valence-electron chi connectivity index (χ4n) is 1.76. The van der Waals surface area contributed by atoms with Crippen LogP contribution in [0.5, 0.6) is 0 Å². The highest BCUT2D eigenvalue weighted by atomic mass is 79.9. The van der Waals surface area contributed by atoms with Crippen LogP contribution in [0, 0.1) is 5.82 Å². The molecular weight excluding hydrogens is 315 g/mol. The quantitative estimate of drug-likeness (QED) is 0.892. The van der Waals surface area contributed by atoms with Crippen LogP contribution in [0.1, 0.15) is 30.6 Å². The van der Waals surface area contributed by atoms with Crippen molar-refractivity contribution in [2.24, 2.45) is 0 Å². The molecule has 0 aliphatic rings. The van der Waals surface area contributed by atoms with Gasteiger partial charge in [-0.05, 0) is 31.2 Å². The summed E-state index contributed by atoms with van der Waals surface area (Å²) in [6.07, 6.45) is 0.996. The first kappa shape index (κ1) is 13.6. The molecule has 2 rings (SSSR count). The molecule has 5 heteroatoms. The molecule has 1 atom stereocenters. The molecule has 96 valence electrons. The molecule has 1 unspecified atom stereocenters. The first-order valence-electron chi connectivity index (χ1n) is 5.78. The number of aromatic nitrogens is 1. The topological polar surface area (TPSA) is 24.9 Å². The molecule has 0 saturated heterocycles. The van der Waals surface area contributed by atoms with E-state index >= 15 is 0 Å². The van der Waals surface area contributed by atoms with Gasteiger partial charge < -0.3 is 5.32 Å². The standard InChI is InChI=1S/C13H14BrFN2S/c1-2-5-16-13(12-7-18-8-17-12)10-6-9(14)3-4-11(10)15/h3-4,6-8,13,16H,2,5H2,1H3. The van der Waals surface area contributed by atoms with E-state index in [4.69, 9.17) is 0 Å². The van der Waals surface area contributed by atoms with E-state index in [0.717, 1.165) is 23.1 Å². The average Bonchev–Trinajstić information content (AvgIpc) is 2.88. The van der Waals surface area contributed by atoms with Crippen LogP contribution in [0.25, 0.3) is 0 Å². The molecule has 1 aromatic carbocycles. The van der Waals surface area contributed by atoms with Gasteiger partial charge in [-0.15, -0.1) is 11.3 Å². The molecule has 18 heavy (non-hydrogen) atoms. The van der Waals surface area contributed by atoms with Crippen molar-refractivity contribution < 1.29 is 4.39 Å². The van der Waals surface area contributed by atoms with E-state index in [9.17, 15) is 4.39 Å². The highest BCUT2D eigenvalue weighted by Gasteiger charge is 2.19. The fourth-order valence-corrected chi connectivity index (χ4v) is 2.72. The predicted octanol–water partition coefficient (Wildman–Crippen LogP) is 4.13. The molecule has 2 nitrogen and oxygen atoms in total. The zero-order valence-electron chi connectivity index (χ0n) is 9.99. The minimum atomic E-state index is -0.209. The van der Waals surface area contributed by atoms with E-state index in [1.54, 1.807) is 11.6 Å². The Labute approximate surface area is 118 Å². The van der Waals surface area contributed by atoms with Crippen LogP contribution in [-0.2, 0) is 0 Å². The SMILES string of the molecule is CCCNC(c1cscn1)c1cc(Br)ccc1F. The van der Waals surface area contributed by atoms with Crippen molar-refractivity contribution in [1.82, 2.24) is 10.3 Å². The van der Waals surface area contributed by atoms with E-state index in [2.05, 4.69) is 33.2 Å². The molecule has 0 radical (unpaired) electrons. The lowest BCUT2D eigenvalue weighted by molar-refractivity contribution is 0.540. The zero-order valence-corrected chi connectivity index (χ0v) is 12.4. The van der Waals surface area contributed by atoms with Crippen LogP contribution in [0.15, 0.2) is 33.6 Å². The predicted molar refractivity (Wildman–Crippen MR) is 76.4 cm³/mol. The normalized spacial score (nSPS) is 12.6. The number of benzene rings is 1. The van der Waals surface area contributed by atoms with Crippen LogP contribution in [0.2, 0.25) is 0 Å². The second-order valence-corrected chi connectivity index (χ2v) is 5.60. The van der Waals surface area contributed by atoms with E-state index in [-0.39, 0.29) is 11.9 Å². The van der Waals surface area contributed by atoms with Gasteiger partial charge in [-0.25, -0.2) is 9.37 Å². The fraction of sp³-hybridized carbons (Fsp3) is 0.308. The Kier molecular flexibility index (Phi) is 4.86. The third-order valence-electron chi connectivity index (χ3n) is 2.61. The Morgan fingerprint density at radius 3 is 3.00 bits per heavy atom. The Morgan fingerprint density at radius 2 is 2.33 bits per heavy atom. The summed E-state index contributed by atoms with van der Waals surface area (Å²) in [6.45, 7) is 2.91. The number of nitrogens with one attached hydrogen (secondary N) is 1. The van der Waals surface area contributed by atoms with E-state index in [0.29, 0.717) is 5.56 Å². The Bertz CT molecular complexity index is 502. The molecule has 0 spiro atoms. The third-order valence-corrected chi connectivity index (χ3v) is 3.71. The number of rotatable bonds is 5. The molecule has 2 aromatic rings. The van der Waals surface area contributed by atoms with Crippen LogP contribution in [-0.4, -0.2) is 11.5 Å². The van der Waals surface area contributed by atoms with Gasteiger partial charge in [0, 0.05) is 15.4 Å². The van der Waals surface area contributed by atoms with Gasteiger partial charge in [0.1, 0.15) is 5.82 Å². The van der Waals surface area contributed by atoms with Crippen LogP contribution >= 0.6 is 27.3 Å². The lowest BCUT2D eigenvalue weighted by Crippen LogP contribution is -2.24. The monoisotopic (exact) mass is 328 g/mol. The Morgan fingerprint density at radius 1 is 1.50 bits per heavy atom. The maximum atomic E-state index is 14.0. The lowest BCUT2D eigenvalue weighted by Gasteiger charge is -2.18. The summed E-state index contributed by atoms with van der Waals surface area (Å²) in [6, 6.07) is 4.80. The van der Waals surface area contributed by atoms with Gasteiger partial charge in [0.2, 0.25) is 0 Å². The van der Waals surface area contributed by atoms with Gasteiger partial charge >= 0.3 is 0 Å². The van der Waals surface area contributed by atoms with E-state index in [1.165, 1.54) is 17.4 Å². The van der Waals surface area contributed by atoms with E-state index in [1.807, 2.05) is 11.4 Å². The van der Waals surface area contributed by atoms with Gasteiger partial charge in [0.15, 0.2) is 0 Å². The molecular formula is C13H14BrFN2S. The minimum Gasteiger partial charge on any atom is -0.305 e. The van der Waals surface area contributed by atoms with Gasteiger partial charge in [-0.1, -0.05) is 22.9 Å². The van der Waals surface area contributed by atoms with Gasteiger partial charge in [0.05, 0.1) is 17.2 Å². The third kappa shape index (κ3) is 3.16. The van der Waals surface area contributed by atoms with Crippen molar-refractivity contribution in [2.45, 2.75) is 19.4 Å². The largest absolute Gasteiger partial charge is 0.305 e. The highest BCUT2D eigenvalue weighted by Crippen LogP contribution is 2.27. The summed E-state index contributed by atoms with van der Waals surface area (Å²) < 4.78 is 14.8. The number of thiazole rings is 1. The number of hydrogen-bond donors (Lipinski definition) is 1. The maximum Gasteiger partial charge on any atom is 0.128 e. The van der Waals surface area contributed by atoms with Crippen molar-refractivity contribution >= 4 is 27.3 Å². The molecule has 0 bridgehead atoms. The second-order valence-electron chi connectivity index (χ2n) is 3.97. The molecule has 0 saturated carbocycles. The Balaban J connectivity index is 2.36. The summed E-state index contributed by atoms with van der Waals surface area (Å²) >= 11 is 4.90. The number of hydrogen-bond acceptors (Lipinski definition) is 3. The summed E-state index contributed by atoms with van der Waals surface area (Å²) in [7, 11) is 0. The maximum absolute atomic E-state index is 14.0. The first-order valence-corrected chi connectivity index (χ1v) is 7.52. The smallest absolute Gasteiger partial charge is 0.128 e. The summed E-state index contributed by atoms with van der Waals surface area (Å²) in [5, 5.41) is 5.29. The van der Waals surface area contributed by atoms with Crippen LogP contribution < -0.4 is 5.32 Å². The van der Waals surface area contributed by atoms with Gasteiger partial charge in [-0.2, -0.15) is 0 Å². The van der Waals surface area contributed by atoms with Gasteiger partial charge in [0.25, 0.3) is 0 Å². The van der Waals surface area contributed by atoms with E-state index < -0.39 is 0 Å². The first-order chi connectivity index (χ1) is 8.72. The lowest BCUT2D eigenvalue weighted by atomic mass is 10.0. The molecule has 0 fully saturated rings. The number of nitrogens with zero attached hydrogens (tertiary/aromatic N) is 1. The molecule has 1 N–H and O–H groups in total. The second kappa shape index (κ2) is 6.41. The summed E-state index contributed by atoms with van der Waals surface area (Å²) in [4.78, 5) is 4.29. The summed E-state index contributed by atoms with van der Waals surface area (Å²) in [5.74, 6) is -0.209. The highest BCUT2D eigenvalue weighted by molar-refractivity contribution is 9.10. The van der Waals surface area contributed by atoms with Crippen molar-refractivity contribution in [3.63, 3.8) is 0 Å². The van der Waals surface area contributed by atoms with Crippen LogP contribution in [0.4, 0.5) is 4.39 Å². The Hall–Kier alpha value is -0.780. The molecule has 0 aliphatic heterocycles. The average molecular weight is 329 g/mol. The van der Waals surface area contributed by atoms with Crippen molar-refractivity contribution in [1.29, 1.82) is 0 Å². The molecule has 1 aromatic heterocycles. The van der Waals surface area contributed by atoms with Crippen molar-refractivity contribution in [3.05, 3.63) is 50.6 Å². The molecule has 0 aliphatic carbocycles.